The maximum Gasteiger partial charge on any atom is 0.272 e. The highest BCUT2D eigenvalue weighted by Gasteiger charge is 2.56. The van der Waals surface area contributed by atoms with Gasteiger partial charge in [0.15, 0.2) is 16.8 Å². The van der Waals surface area contributed by atoms with Crippen molar-refractivity contribution in [3.63, 3.8) is 0 Å². The summed E-state index contributed by atoms with van der Waals surface area (Å²) in [4.78, 5) is 14.3. The van der Waals surface area contributed by atoms with Crippen molar-refractivity contribution in [2.45, 2.75) is 24.1 Å². The number of fused-ring (bicyclic) bond motifs is 1. The van der Waals surface area contributed by atoms with Crippen LogP contribution in [0.4, 0.5) is 14.5 Å². The summed E-state index contributed by atoms with van der Waals surface area (Å²) in [5.41, 5.74) is 4.09. The molecular formula is C12H11F2N3O2S. The van der Waals surface area contributed by atoms with E-state index < -0.39 is 27.8 Å². The molecule has 1 aliphatic heterocycles. The molecule has 2 N–H and O–H groups in total. The van der Waals surface area contributed by atoms with Crippen LogP contribution in [0.2, 0.25) is 0 Å². The van der Waals surface area contributed by atoms with E-state index in [-0.39, 0.29) is 16.7 Å². The van der Waals surface area contributed by atoms with Crippen molar-refractivity contribution in [2.75, 3.05) is 0 Å². The van der Waals surface area contributed by atoms with Gasteiger partial charge >= 0.3 is 0 Å². The van der Waals surface area contributed by atoms with Crippen LogP contribution in [-0.4, -0.2) is 15.3 Å². The number of nitro benzene ring substituents is 1. The summed E-state index contributed by atoms with van der Waals surface area (Å²) in [6, 6.07) is 1.64. The molecule has 0 spiro atoms. The van der Waals surface area contributed by atoms with E-state index >= 15 is 0 Å². The van der Waals surface area contributed by atoms with Crippen molar-refractivity contribution >= 4 is 22.6 Å². The first kappa shape index (κ1) is 13.3. The lowest BCUT2D eigenvalue weighted by molar-refractivity contribution is -0.385. The van der Waals surface area contributed by atoms with Crippen molar-refractivity contribution in [3.8, 4) is 0 Å². The first-order chi connectivity index (χ1) is 9.33. The highest BCUT2D eigenvalue weighted by Crippen LogP contribution is 2.57. The predicted octanol–water partition coefficient (Wildman–Crippen LogP) is 2.54. The Bertz CT molecular complexity index is 652. The van der Waals surface area contributed by atoms with Gasteiger partial charge < -0.3 is 5.73 Å². The third-order valence-corrected chi connectivity index (χ3v) is 4.99. The molecule has 1 aromatic carbocycles. The fourth-order valence-corrected chi connectivity index (χ4v) is 3.98. The predicted molar refractivity (Wildman–Crippen MR) is 71.5 cm³/mol. The minimum absolute atomic E-state index is 0.0238. The normalized spacial score (nSPS) is 31.4. The minimum Gasteiger partial charge on any atom is -0.379 e. The summed E-state index contributed by atoms with van der Waals surface area (Å²) in [5, 5.41) is 11.3. The Labute approximate surface area is 117 Å². The van der Waals surface area contributed by atoms with Crippen molar-refractivity contribution < 1.29 is 13.7 Å². The van der Waals surface area contributed by atoms with Crippen molar-refractivity contribution in [1.82, 2.24) is 0 Å². The first-order valence-electron chi connectivity index (χ1n) is 5.99. The van der Waals surface area contributed by atoms with Gasteiger partial charge in [-0.05, 0) is 13.3 Å². The molecule has 106 valence electrons. The van der Waals surface area contributed by atoms with Crippen LogP contribution in [0.15, 0.2) is 17.1 Å². The van der Waals surface area contributed by atoms with Gasteiger partial charge in [-0.1, -0.05) is 11.8 Å². The van der Waals surface area contributed by atoms with Gasteiger partial charge in [-0.2, -0.15) is 0 Å². The molecule has 1 saturated carbocycles. The average molecular weight is 299 g/mol. The number of amidine groups is 1. The molecule has 1 heterocycles. The van der Waals surface area contributed by atoms with E-state index in [0.717, 1.165) is 12.5 Å². The second kappa shape index (κ2) is 4.15. The number of rotatable bonds is 2. The summed E-state index contributed by atoms with van der Waals surface area (Å²) in [5.74, 6) is -2.30. The van der Waals surface area contributed by atoms with E-state index in [2.05, 4.69) is 4.99 Å². The standard InChI is InChI=1S/C12H11F2N3O2S/c1-12(6-4-9(6)20-11(15)16-12)7-2-5(17(18)19)3-8(13)10(7)14/h2-3,6,9H,4H2,1H3,(H2,15,16)/t6-,9+,12+/m1/s1. The van der Waals surface area contributed by atoms with E-state index in [1.807, 2.05) is 0 Å². The molecule has 8 heteroatoms. The number of benzene rings is 1. The molecule has 0 aromatic heterocycles. The molecule has 0 bridgehead atoms. The molecule has 3 rings (SSSR count). The zero-order valence-electron chi connectivity index (χ0n) is 10.5. The second-order valence-electron chi connectivity index (χ2n) is 5.14. The lowest BCUT2D eigenvalue weighted by Crippen LogP contribution is -2.32. The maximum absolute atomic E-state index is 14.1. The summed E-state index contributed by atoms with van der Waals surface area (Å²) in [7, 11) is 0. The third-order valence-electron chi connectivity index (χ3n) is 3.84. The molecule has 3 atom stereocenters. The van der Waals surface area contributed by atoms with Gasteiger partial charge in [0.25, 0.3) is 5.69 Å². The zero-order valence-corrected chi connectivity index (χ0v) is 11.3. The van der Waals surface area contributed by atoms with Crippen LogP contribution < -0.4 is 5.73 Å². The second-order valence-corrected chi connectivity index (χ2v) is 6.40. The number of aliphatic imine (C=N–C) groups is 1. The Hall–Kier alpha value is -1.70. The van der Waals surface area contributed by atoms with Crippen LogP contribution in [0, 0.1) is 27.7 Å². The van der Waals surface area contributed by atoms with Crippen LogP contribution in [0.5, 0.6) is 0 Å². The summed E-state index contributed by atoms with van der Waals surface area (Å²) >= 11 is 1.41. The van der Waals surface area contributed by atoms with Gasteiger partial charge in [-0.3, -0.25) is 15.1 Å². The highest BCUT2D eigenvalue weighted by molar-refractivity contribution is 8.14. The van der Waals surface area contributed by atoms with E-state index in [1.165, 1.54) is 11.8 Å². The van der Waals surface area contributed by atoms with Crippen LogP contribution in [0.25, 0.3) is 0 Å². The summed E-state index contributed by atoms with van der Waals surface area (Å²) in [6.45, 7) is 1.64. The van der Waals surface area contributed by atoms with Crippen LogP contribution in [-0.2, 0) is 5.54 Å². The number of hydrogen-bond donors (Lipinski definition) is 1. The van der Waals surface area contributed by atoms with Gasteiger partial charge in [0.2, 0.25) is 0 Å². The number of nitrogens with two attached hydrogens (primary N) is 1. The molecule has 0 radical (unpaired) electrons. The Morgan fingerprint density at radius 2 is 2.25 bits per heavy atom. The first-order valence-corrected chi connectivity index (χ1v) is 6.87. The molecule has 2 aliphatic rings. The van der Waals surface area contributed by atoms with Crippen LogP contribution >= 0.6 is 11.8 Å². The average Bonchev–Trinajstić information content (AvgIpc) is 3.11. The van der Waals surface area contributed by atoms with Crippen molar-refractivity contribution in [2.24, 2.45) is 16.6 Å². The van der Waals surface area contributed by atoms with E-state index in [9.17, 15) is 18.9 Å². The highest BCUT2D eigenvalue weighted by atomic mass is 32.2. The molecular weight excluding hydrogens is 288 g/mol. The van der Waals surface area contributed by atoms with E-state index in [1.54, 1.807) is 6.92 Å². The van der Waals surface area contributed by atoms with Gasteiger partial charge in [0.1, 0.15) is 0 Å². The molecule has 1 aliphatic carbocycles. The molecule has 0 saturated heterocycles. The van der Waals surface area contributed by atoms with E-state index in [4.69, 9.17) is 5.73 Å². The number of non-ortho nitro benzene ring substituents is 1. The molecule has 1 fully saturated rings. The van der Waals surface area contributed by atoms with Crippen LogP contribution in [0.1, 0.15) is 18.9 Å². The lowest BCUT2D eigenvalue weighted by atomic mass is 9.86. The van der Waals surface area contributed by atoms with Gasteiger partial charge in [-0.15, -0.1) is 0 Å². The minimum atomic E-state index is -1.24. The molecule has 0 amide bonds. The third kappa shape index (κ3) is 1.86. The Morgan fingerprint density at radius 1 is 1.55 bits per heavy atom. The number of nitro groups is 1. The quantitative estimate of drug-likeness (QED) is 0.672. The van der Waals surface area contributed by atoms with Gasteiger partial charge in [0.05, 0.1) is 16.5 Å². The maximum atomic E-state index is 14.1. The molecule has 20 heavy (non-hydrogen) atoms. The van der Waals surface area contributed by atoms with Crippen LogP contribution in [0.3, 0.4) is 0 Å². The van der Waals surface area contributed by atoms with E-state index in [0.29, 0.717) is 11.2 Å². The zero-order chi connectivity index (χ0) is 14.7. The largest absolute Gasteiger partial charge is 0.379 e. The fraction of sp³-hybridized carbons (Fsp3) is 0.417. The lowest BCUT2D eigenvalue weighted by Gasteiger charge is -2.30. The number of hydrogen-bond acceptors (Lipinski definition) is 5. The Morgan fingerprint density at radius 3 is 2.90 bits per heavy atom. The summed E-state index contributed by atoms with van der Waals surface area (Å²) in [6.07, 6.45) is 0.787. The van der Waals surface area contributed by atoms with Gasteiger partial charge in [0, 0.05) is 22.8 Å². The Balaban J connectivity index is 2.18. The van der Waals surface area contributed by atoms with Crippen molar-refractivity contribution in [1.29, 1.82) is 0 Å². The van der Waals surface area contributed by atoms with Crippen molar-refractivity contribution in [3.05, 3.63) is 39.4 Å². The number of nitrogens with zero attached hydrogens (tertiary/aromatic N) is 2. The monoisotopic (exact) mass is 299 g/mol. The summed E-state index contributed by atoms with van der Waals surface area (Å²) < 4.78 is 27.7. The number of halogens is 2. The Kier molecular flexibility index (Phi) is 2.75. The topological polar surface area (TPSA) is 81.5 Å². The molecule has 5 nitrogen and oxygen atoms in total. The molecule has 0 unspecified atom stereocenters. The smallest absolute Gasteiger partial charge is 0.272 e. The number of thioether (sulfide) groups is 1. The van der Waals surface area contributed by atoms with Gasteiger partial charge in [-0.25, -0.2) is 8.78 Å². The fourth-order valence-electron chi connectivity index (χ4n) is 2.70. The molecule has 1 aromatic rings. The SMILES string of the molecule is C[C@]1(c2cc([N+](=O)[O-])cc(F)c2F)N=C(N)S[C@H]2C[C@H]21.